The largest absolute Gasteiger partial charge is 0.502 e. The van der Waals surface area contributed by atoms with E-state index in [1.165, 1.54) is 18.2 Å². The van der Waals surface area contributed by atoms with Gasteiger partial charge in [-0.25, -0.2) is 4.98 Å². The van der Waals surface area contributed by atoms with E-state index in [0.717, 1.165) is 11.1 Å². The van der Waals surface area contributed by atoms with Crippen LogP contribution < -0.4 is 5.73 Å². The first-order valence-electron chi connectivity index (χ1n) is 7.18. The Kier molecular flexibility index (Phi) is 3.97. The van der Waals surface area contributed by atoms with Gasteiger partial charge in [0.25, 0.3) is 0 Å². The van der Waals surface area contributed by atoms with Crippen molar-refractivity contribution < 1.29 is 10.0 Å². The molecule has 1 unspecified atom stereocenters. The molecule has 0 saturated carbocycles. The summed E-state index contributed by atoms with van der Waals surface area (Å²) in [6.45, 7) is 1.99. The fourth-order valence-electron chi connectivity index (χ4n) is 2.28. The zero-order valence-corrected chi connectivity index (χ0v) is 12.8. The molecule has 0 amide bonds. The Balaban J connectivity index is 1.92. The zero-order valence-electron chi connectivity index (χ0n) is 12.8. The van der Waals surface area contributed by atoms with Crippen LogP contribution >= 0.6 is 0 Å². The second-order valence-corrected chi connectivity index (χ2v) is 5.39. The number of nitrogens with zero attached hydrogens (tertiary/aromatic N) is 3. The molecule has 1 atom stereocenters. The van der Waals surface area contributed by atoms with Crippen LogP contribution in [0.3, 0.4) is 0 Å². The summed E-state index contributed by atoms with van der Waals surface area (Å²) in [5.74, 6) is 0.316. The number of hydrogen-bond donors (Lipinski definition) is 3. The molecule has 0 aliphatic heterocycles. The summed E-state index contributed by atoms with van der Waals surface area (Å²) in [6, 6.07) is 11.2. The molecule has 2 aromatic carbocycles. The summed E-state index contributed by atoms with van der Waals surface area (Å²) < 4.78 is 0. The summed E-state index contributed by atoms with van der Waals surface area (Å²) in [5.41, 5.74) is 8.19. The first-order chi connectivity index (χ1) is 11.5. The van der Waals surface area contributed by atoms with Crippen LogP contribution in [-0.2, 0) is 0 Å². The Morgan fingerprint density at radius 2 is 1.96 bits per heavy atom. The van der Waals surface area contributed by atoms with Crippen molar-refractivity contribution in [1.29, 1.82) is 0 Å². The van der Waals surface area contributed by atoms with Crippen molar-refractivity contribution in [1.82, 2.24) is 15.2 Å². The van der Waals surface area contributed by atoms with Gasteiger partial charge in [0.1, 0.15) is 5.82 Å². The lowest BCUT2D eigenvalue weighted by Crippen LogP contribution is -2.13. The average molecular weight is 325 g/mol. The number of nitro benzene ring substituents is 1. The quantitative estimate of drug-likeness (QED) is 0.499. The number of phenolic OH excluding ortho intramolecular Hbond substituents is 1. The molecule has 1 heterocycles. The molecule has 24 heavy (non-hydrogen) atoms. The van der Waals surface area contributed by atoms with Gasteiger partial charge < -0.3 is 10.8 Å². The molecule has 0 fully saturated rings. The lowest BCUT2D eigenvalue weighted by molar-refractivity contribution is -0.385. The summed E-state index contributed by atoms with van der Waals surface area (Å²) in [6.07, 6.45) is 0. The minimum atomic E-state index is -0.662. The van der Waals surface area contributed by atoms with Crippen LogP contribution in [0.25, 0.3) is 11.4 Å². The van der Waals surface area contributed by atoms with Gasteiger partial charge >= 0.3 is 5.69 Å². The Hall–Kier alpha value is -3.26. The van der Waals surface area contributed by atoms with E-state index in [1.54, 1.807) is 0 Å². The normalized spacial score (nSPS) is 12.1. The van der Waals surface area contributed by atoms with Crippen LogP contribution in [0.4, 0.5) is 5.69 Å². The Morgan fingerprint density at radius 3 is 2.62 bits per heavy atom. The van der Waals surface area contributed by atoms with Crippen LogP contribution in [0.5, 0.6) is 5.75 Å². The number of H-pyrrole nitrogens is 1. The van der Waals surface area contributed by atoms with Crippen molar-refractivity contribution >= 4 is 5.69 Å². The molecule has 0 spiro atoms. The lowest BCUT2D eigenvalue weighted by Gasteiger charge is -2.08. The van der Waals surface area contributed by atoms with Gasteiger partial charge in [-0.2, -0.15) is 5.10 Å². The van der Waals surface area contributed by atoms with Crippen LogP contribution in [0.1, 0.15) is 23.0 Å². The van der Waals surface area contributed by atoms with Gasteiger partial charge in [0, 0.05) is 11.6 Å². The van der Waals surface area contributed by atoms with Crippen LogP contribution in [0, 0.1) is 17.0 Å². The number of aromatic amines is 1. The maximum absolute atomic E-state index is 10.9. The first kappa shape index (κ1) is 15.6. The van der Waals surface area contributed by atoms with E-state index in [1.807, 2.05) is 31.2 Å². The molecule has 122 valence electrons. The van der Waals surface area contributed by atoms with Gasteiger partial charge in [0.05, 0.1) is 11.0 Å². The highest BCUT2D eigenvalue weighted by Crippen LogP contribution is 2.30. The number of hydrogen-bond acceptors (Lipinski definition) is 6. The summed E-state index contributed by atoms with van der Waals surface area (Å²) in [7, 11) is 0. The zero-order chi connectivity index (χ0) is 17.3. The lowest BCUT2D eigenvalue weighted by atomic mass is 10.1. The number of nitrogens with one attached hydrogen (secondary N) is 1. The summed E-state index contributed by atoms with van der Waals surface area (Å²) >= 11 is 0. The minimum absolute atomic E-state index is 0.274. The Bertz CT molecular complexity index is 889. The van der Waals surface area contributed by atoms with Crippen molar-refractivity contribution in [3.05, 3.63) is 69.5 Å². The number of aromatic nitrogens is 3. The topological polar surface area (TPSA) is 131 Å². The second-order valence-electron chi connectivity index (χ2n) is 5.39. The predicted molar refractivity (Wildman–Crippen MR) is 87.3 cm³/mol. The van der Waals surface area contributed by atoms with Crippen LogP contribution in [0.2, 0.25) is 0 Å². The highest BCUT2D eigenvalue weighted by atomic mass is 16.6. The maximum Gasteiger partial charge on any atom is 0.311 e. The van der Waals surface area contributed by atoms with Crippen molar-refractivity contribution in [3.63, 3.8) is 0 Å². The molecular weight excluding hydrogens is 310 g/mol. The predicted octanol–water partition coefficient (Wildman–Crippen LogP) is 2.44. The van der Waals surface area contributed by atoms with Crippen molar-refractivity contribution in [3.8, 4) is 17.1 Å². The number of nitro groups is 1. The molecule has 0 bridgehead atoms. The molecule has 3 aromatic rings. The van der Waals surface area contributed by atoms with E-state index in [0.29, 0.717) is 11.4 Å². The Morgan fingerprint density at radius 1 is 1.25 bits per heavy atom. The third kappa shape index (κ3) is 2.95. The molecule has 0 aliphatic carbocycles. The molecule has 3 rings (SSSR count). The second kappa shape index (κ2) is 6.09. The van der Waals surface area contributed by atoms with E-state index in [-0.39, 0.29) is 5.82 Å². The van der Waals surface area contributed by atoms with E-state index in [2.05, 4.69) is 15.2 Å². The number of nitrogens with two attached hydrogens (primary N) is 1. The summed E-state index contributed by atoms with van der Waals surface area (Å²) in [4.78, 5) is 14.6. The Labute approximate surface area is 137 Å². The van der Waals surface area contributed by atoms with E-state index in [9.17, 15) is 15.2 Å². The molecule has 4 N–H and O–H groups in total. The monoisotopic (exact) mass is 325 g/mol. The maximum atomic E-state index is 10.9. The molecule has 1 aromatic heterocycles. The third-order valence-electron chi connectivity index (χ3n) is 3.66. The summed E-state index contributed by atoms with van der Waals surface area (Å²) in [5, 5.41) is 27.2. The van der Waals surface area contributed by atoms with Crippen LogP contribution in [-0.4, -0.2) is 25.2 Å². The third-order valence-corrected chi connectivity index (χ3v) is 3.66. The van der Waals surface area contributed by atoms with Gasteiger partial charge in [-0.15, -0.1) is 0 Å². The molecule has 0 radical (unpaired) electrons. The number of phenols is 1. The van der Waals surface area contributed by atoms with E-state index < -0.39 is 22.4 Å². The number of rotatable bonds is 4. The average Bonchev–Trinajstić information content (AvgIpc) is 3.05. The number of benzene rings is 2. The molecule has 8 heteroatoms. The van der Waals surface area contributed by atoms with Crippen LogP contribution in [0.15, 0.2) is 42.5 Å². The molecule has 8 nitrogen and oxygen atoms in total. The van der Waals surface area contributed by atoms with Crippen molar-refractivity contribution in [2.45, 2.75) is 13.0 Å². The van der Waals surface area contributed by atoms with Crippen molar-refractivity contribution in [2.75, 3.05) is 0 Å². The standard InChI is InChI=1S/C16H15N5O3/c1-9-2-4-10(5-3-9)14(17)16-18-15(19-20-16)11-6-7-13(22)12(8-11)21(23)24/h2-8,14,22H,17H2,1H3,(H,18,19,20). The SMILES string of the molecule is Cc1ccc(C(N)c2nc(-c3ccc(O)c([N+](=O)[O-])c3)n[nH]2)cc1. The van der Waals surface area contributed by atoms with Gasteiger partial charge in [-0.3, -0.25) is 15.2 Å². The van der Waals surface area contributed by atoms with E-state index >= 15 is 0 Å². The fraction of sp³-hybridized carbons (Fsp3) is 0.125. The smallest absolute Gasteiger partial charge is 0.311 e. The van der Waals surface area contributed by atoms with Crippen molar-refractivity contribution in [2.24, 2.45) is 5.73 Å². The first-order valence-corrected chi connectivity index (χ1v) is 7.18. The van der Waals surface area contributed by atoms with Gasteiger partial charge in [-0.1, -0.05) is 29.8 Å². The number of aryl methyl sites for hydroxylation is 1. The molecule has 0 saturated heterocycles. The van der Waals surface area contributed by atoms with E-state index in [4.69, 9.17) is 5.73 Å². The molecular formula is C16H15N5O3. The number of aromatic hydroxyl groups is 1. The highest BCUT2D eigenvalue weighted by Gasteiger charge is 2.18. The minimum Gasteiger partial charge on any atom is -0.502 e. The molecule has 0 aliphatic rings. The van der Waals surface area contributed by atoms with Gasteiger partial charge in [0.15, 0.2) is 11.6 Å². The van der Waals surface area contributed by atoms with Gasteiger partial charge in [-0.05, 0) is 24.6 Å². The fourth-order valence-corrected chi connectivity index (χ4v) is 2.28. The van der Waals surface area contributed by atoms with Gasteiger partial charge in [0.2, 0.25) is 0 Å². The highest BCUT2D eigenvalue weighted by molar-refractivity contribution is 5.63.